The van der Waals surface area contributed by atoms with Crippen LogP contribution in [0.4, 0.5) is 10.1 Å². The molecular weight excluding hydrogens is 380 g/mol. The summed E-state index contributed by atoms with van der Waals surface area (Å²) < 4.78 is 19.7. The Hall–Kier alpha value is -0.434. The van der Waals surface area contributed by atoms with Crippen molar-refractivity contribution in [3.63, 3.8) is 0 Å². The van der Waals surface area contributed by atoms with Gasteiger partial charge in [-0.25, -0.2) is 4.39 Å². The van der Waals surface area contributed by atoms with Crippen LogP contribution in [-0.4, -0.2) is 5.21 Å². The molecule has 0 saturated heterocycles. The van der Waals surface area contributed by atoms with Gasteiger partial charge in [-0.05, 0) is 54.0 Å². The number of hydrogen-bond donors (Lipinski definition) is 1. The Balaban J connectivity index is 0.00000392. The molecule has 2 atom stereocenters. The maximum absolute atomic E-state index is 14.0. The fourth-order valence-electron chi connectivity index (χ4n) is 3.69. The Morgan fingerprint density at radius 2 is 1.79 bits per heavy atom. The number of rotatable bonds is 10. The average Bonchev–Trinajstić information content (AvgIpc) is 2.68. The molecule has 0 aliphatic rings. The van der Waals surface area contributed by atoms with Gasteiger partial charge in [-0.2, -0.15) is 0 Å². The van der Waals surface area contributed by atoms with Gasteiger partial charge in [0.25, 0.3) is 0 Å². The van der Waals surface area contributed by atoms with Gasteiger partial charge in [-0.1, -0.05) is 65.2 Å². The number of nitrogens with zero attached hydrogens (tertiary/aromatic N) is 1. The van der Waals surface area contributed by atoms with Crippen molar-refractivity contribution in [1.82, 2.24) is 0 Å². The number of hydrogen-bond acceptors (Lipinski definition) is 2. The normalized spacial score (nSPS) is 13.9. The molecule has 0 aliphatic heterocycles. The van der Waals surface area contributed by atoms with Crippen molar-refractivity contribution >= 4 is 5.69 Å². The number of unbranched alkanes of at least 4 members (excludes halogenated alkanes) is 1. The van der Waals surface area contributed by atoms with Gasteiger partial charge in [0.15, 0.2) is 11.6 Å². The van der Waals surface area contributed by atoms with Crippen LogP contribution in [0.1, 0.15) is 65.4 Å². The van der Waals surface area contributed by atoms with Crippen LogP contribution in [0.15, 0.2) is 42.5 Å². The first-order valence-electron chi connectivity index (χ1n) is 9.87. The van der Waals surface area contributed by atoms with E-state index in [1.165, 1.54) is 37.0 Å². The minimum absolute atomic E-state index is 0. The molecule has 0 saturated carbocycles. The molecule has 2 aromatic carbocycles. The first-order chi connectivity index (χ1) is 12.9. The number of halogens is 1. The summed E-state index contributed by atoms with van der Waals surface area (Å²) in [7, 11) is 0. The van der Waals surface area contributed by atoms with E-state index < -0.39 is 5.82 Å². The van der Waals surface area contributed by atoms with E-state index >= 15 is 0 Å². The van der Waals surface area contributed by atoms with E-state index in [1.54, 1.807) is 0 Å². The molecule has 0 radical (unpaired) electrons. The van der Waals surface area contributed by atoms with Gasteiger partial charge in [0, 0.05) is 0 Å². The fourth-order valence-corrected chi connectivity index (χ4v) is 3.69. The molecule has 2 unspecified atom stereocenters. The molecule has 3 nitrogen and oxygen atoms in total. The summed E-state index contributed by atoms with van der Waals surface area (Å²) in [6.45, 7) is 9.16. The third-order valence-corrected chi connectivity index (χ3v) is 5.62. The largest absolute Gasteiger partial charge is 1.00 e. The van der Waals surface area contributed by atoms with Crippen LogP contribution < -0.4 is 56.1 Å². The SMILES string of the molecule is CCCCC(C)C(C)(CCC)c1ccc(Oc2ccc([N-]O)cc2F)cc1.[K+]. The van der Waals surface area contributed by atoms with Crippen molar-refractivity contribution in [1.29, 1.82) is 0 Å². The standard InChI is InChI=1S/C23H31FNO2.K/c1-5-7-8-17(3)23(4,15-6-2)18-9-12-20(13-10-18)27-22-14-11-19(25-26)16-21(22)24;/h9-14,16-17,26H,5-8,15H2,1-4H3;/q-1;+1. The molecule has 2 aromatic rings. The first-order valence-corrected chi connectivity index (χ1v) is 9.87. The van der Waals surface area contributed by atoms with Crippen molar-refractivity contribution in [2.75, 3.05) is 0 Å². The van der Waals surface area contributed by atoms with Crippen LogP contribution in [0.3, 0.4) is 0 Å². The monoisotopic (exact) mass is 411 g/mol. The van der Waals surface area contributed by atoms with Crippen molar-refractivity contribution in [3.05, 3.63) is 59.3 Å². The van der Waals surface area contributed by atoms with E-state index in [0.29, 0.717) is 11.7 Å². The molecule has 0 aliphatic carbocycles. The zero-order valence-corrected chi connectivity index (χ0v) is 21.0. The maximum Gasteiger partial charge on any atom is 1.00 e. The van der Waals surface area contributed by atoms with Gasteiger partial charge in [0.1, 0.15) is 5.75 Å². The Labute approximate surface area is 211 Å². The zero-order chi connectivity index (χ0) is 19.9. The van der Waals surface area contributed by atoms with Gasteiger partial charge in [0.05, 0.1) is 0 Å². The predicted octanol–water partition coefficient (Wildman–Crippen LogP) is 4.90. The average molecular weight is 412 g/mol. The smallest absolute Gasteiger partial charge is 0.565 e. The first kappa shape index (κ1) is 25.6. The molecule has 0 bridgehead atoms. The van der Waals surface area contributed by atoms with E-state index in [9.17, 15) is 4.39 Å². The van der Waals surface area contributed by atoms with Crippen LogP contribution in [0.25, 0.3) is 5.48 Å². The van der Waals surface area contributed by atoms with Crippen LogP contribution in [0.2, 0.25) is 0 Å². The third kappa shape index (κ3) is 6.54. The molecule has 0 aromatic heterocycles. The molecule has 0 amide bonds. The summed E-state index contributed by atoms with van der Waals surface area (Å²) in [5.41, 5.74) is 4.56. The molecule has 148 valence electrons. The van der Waals surface area contributed by atoms with E-state index in [2.05, 4.69) is 45.3 Å². The molecule has 0 fully saturated rings. The quantitative estimate of drug-likeness (QED) is 0.446. The Kier molecular flexibility index (Phi) is 11.3. The molecule has 0 heterocycles. The minimum Gasteiger partial charge on any atom is -0.565 e. The van der Waals surface area contributed by atoms with Gasteiger partial charge in [0.2, 0.25) is 0 Å². The van der Waals surface area contributed by atoms with Crippen molar-refractivity contribution < 1.29 is 65.7 Å². The second-order valence-corrected chi connectivity index (χ2v) is 7.55. The molecular formula is C23H31FKNO2. The topological polar surface area (TPSA) is 43.6 Å². The van der Waals surface area contributed by atoms with Gasteiger partial charge >= 0.3 is 51.4 Å². The summed E-state index contributed by atoms with van der Waals surface area (Å²) in [4.78, 5) is 0. The Bertz CT molecular complexity index is 723. The third-order valence-electron chi connectivity index (χ3n) is 5.62. The number of benzene rings is 2. The molecule has 5 heteroatoms. The van der Waals surface area contributed by atoms with E-state index in [0.717, 1.165) is 18.9 Å². The van der Waals surface area contributed by atoms with Crippen molar-refractivity contribution in [2.24, 2.45) is 5.92 Å². The summed E-state index contributed by atoms with van der Waals surface area (Å²) in [5, 5.41) is 8.71. The summed E-state index contributed by atoms with van der Waals surface area (Å²) >= 11 is 0. The van der Waals surface area contributed by atoms with Crippen molar-refractivity contribution in [2.45, 2.75) is 65.2 Å². The molecule has 28 heavy (non-hydrogen) atoms. The van der Waals surface area contributed by atoms with Gasteiger partial charge in [-0.3, -0.25) is 0 Å². The minimum atomic E-state index is -0.557. The van der Waals surface area contributed by atoms with Crippen LogP contribution in [0, 0.1) is 11.7 Å². The van der Waals surface area contributed by atoms with Crippen LogP contribution >= 0.6 is 0 Å². The zero-order valence-electron chi connectivity index (χ0n) is 17.8. The fraction of sp³-hybridized carbons (Fsp3) is 0.478. The van der Waals surface area contributed by atoms with Crippen LogP contribution in [0.5, 0.6) is 11.5 Å². The molecule has 0 spiro atoms. The summed E-state index contributed by atoms with van der Waals surface area (Å²) in [6, 6.07) is 12.1. The Morgan fingerprint density at radius 1 is 1.11 bits per heavy atom. The van der Waals surface area contributed by atoms with Gasteiger partial charge in [-0.15, -0.1) is 5.69 Å². The van der Waals surface area contributed by atoms with Gasteiger partial charge < -0.3 is 15.4 Å². The van der Waals surface area contributed by atoms with Crippen LogP contribution in [-0.2, 0) is 5.41 Å². The second-order valence-electron chi connectivity index (χ2n) is 7.55. The van der Waals surface area contributed by atoms with Crippen molar-refractivity contribution in [3.8, 4) is 11.5 Å². The van der Waals surface area contributed by atoms with E-state index in [1.807, 2.05) is 12.1 Å². The van der Waals surface area contributed by atoms with E-state index in [-0.39, 0.29) is 68.2 Å². The molecule has 1 N–H and O–H groups in total. The number of ether oxygens (including phenoxy) is 1. The maximum atomic E-state index is 14.0. The van der Waals surface area contributed by atoms with E-state index in [4.69, 9.17) is 9.94 Å². The summed E-state index contributed by atoms with van der Waals surface area (Å²) in [6.07, 6.45) is 5.96. The summed E-state index contributed by atoms with van der Waals surface area (Å²) in [5.74, 6) is 0.740. The second kappa shape index (κ2) is 12.3. The molecule has 2 rings (SSSR count). The predicted molar refractivity (Wildman–Crippen MR) is 109 cm³/mol. The Morgan fingerprint density at radius 3 is 2.32 bits per heavy atom.